The van der Waals surface area contributed by atoms with Gasteiger partial charge < -0.3 is 19.9 Å². The Hall–Kier alpha value is -2.15. The Balaban J connectivity index is 2.04. The number of aromatic nitrogens is 1. The number of hydrogen-bond donors (Lipinski definition) is 2. The van der Waals surface area contributed by atoms with Crippen LogP contribution in [-0.2, 0) is 16.1 Å². The molecule has 2 heterocycles. The maximum atomic E-state index is 12.4. The van der Waals surface area contributed by atoms with Gasteiger partial charge in [-0.3, -0.25) is 14.4 Å². The van der Waals surface area contributed by atoms with Gasteiger partial charge in [-0.05, 0) is 31.4 Å². The van der Waals surface area contributed by atoms with Crippen molar-refractivity contribution in [2.45, 2.75) is 38.3 Å². The molecule has 0 bridgehead atoms. The molecule has 1 unspecified atom stereocenters. The highest BCUT2D eigenvalue weighted by atomic mass is 16.3. The first-order valence-corrected chi connectivity index (χ1v) is 7.71. The number of likely N-dealkylation sites (tertiary alicyclic amines) is 1. The third kappa shape index (κ3) is 4.41. The van der Waals surface area contributed by atoms with Gasteiger partial charge in [0.2, 0.25) is 11.8 Å². The fraction of sp³-hybridized carbons (Fsp3) is 0.562. The summed E-state index contributed by atoms with van der Waals surface area (Å²) in [6.07, 6.45) is 2.67. The molecule has 2 rings (SSSR count). The number of carbonyl (C=O) groups is 2. The van der Waals surface area contributed by atoms with Crippen molar-refractivity contribution in [1.29, 1.82) is 0 Å². The van der Waals surface area contributed by atoms with Crippen LogP contribution in [0.25, 0.3) is 0 Å². The van der Waals surface area contributed by atoms with Crippen molar-refractivity contribution in [3.63, 3.8) is 0 Å². The molecule has 1 aromatic rings. The topological polar surface area (TPSA) is 91.6 Å². The molecular formula is C16H23N3O4. The molecule has 7 nitrogen and oxygen atoms in total. The summed E-state index contributed by atoms with van der Waals surface area (Å²) >= 11 is 0. The monoisotopic (exact) mass is 321 g/mol. The van der Waals surface area contributed by atoms with Gasteiger partial charge in [-0.1, -0.05) is 0 Å². The fourth-order valence-electron chi connectivity index (χ4n) is 2.84. The quantitative estimate of drug-likeness (QED) is 0.793. The van der Waals surface area contributed by atoms with E-state index in [9.17, 15) is 19.5 Å². The first-order valence-electron chi connectivity index (χ1n) is 7.71. The van der Waals surface area contributed by atoms with E-state index in [0.717, 1.165) is 5.56 Å². The molecule has 2 amide bonds. The van der Waals surface area contributed by atoms with Crippen LogP contribution in [0, 0.1) is 6.92 Å². The van der Waals surface area contributed by atoms with Crippen LogP contribution in [0.1, 0.15) is 24.8 Å². The van der Waals surface area contributed by atoms with E-state index in [-0.39, 0.29) is 36.9 Å². The minimum atomic E-state index is -1.20. The molecule has 126 valence electrons. The highest BCUT2D eigenvalue weighted by molar-refractivity contribution is 5.78. The van der Waals surface area contributed by atoms with Gasteiger partial charge >= 0.3 is 0 Å². The first kappa shape index (κ1) is 17.2. The van der Waals surface area contributed by atoms with E-state index >= 15 is 0 Å². The summed E-state index contributed by atoms with van der Waals surface area (Å²) in [5.74, 6) is -0.484. The fourth-order valence-corrected chi connectivity index (χ4v) is 2.84. The average molecular weight is 321 g/mol. The van der Waals surface area contributed by atoms with Gasteiger partial charge in [-0.2, -0.15) is 0 Å². The zero-order valence-electron chi connectivity index (χ0n) is 13.5. The Bertz CT molecular complexity index is 655. The van der Waals surface area contributed by atoms with Crippen LogP contribution in [0.15, 0.2) is 23.1 Å². The summed E-state index contributed by atoms with van der Waals surface area (Å²) in [7, 11) is 1.52. The van der Waals surface area contributed by atoms with E-state index in [0.29, 0.717) is 19.4 Å². The molecule has 23 heavy (non-hydrogen) atoms. The highest BCUT2D eigenvalue weighted by Gasteiger charge is 2.36. The van der Waals surface area contributed by atoms with Crippen molar-refractivity contribution in [1.82, 2.24) is 14.8 Å². The molecule has 1 fully saturated rings. The number of piperidine rings is 1. The number of carbonyl (C=O) groups excluding carboxylic acids is 2. The van der Waals surface area contributed by atoms with Crippen LogP contribution in [0.4, 0.5) is 0 Å². The Morgan fingerprint density at radius 3 is 2.83 bits per heavy atom. The van der Waals surface area contributed by atoms with Crippen LogP contribution in [-0.4, -0.2) is 52.1 Å². The van der Waals surface area contributed by atoms with Crippen LogP contribution in [0.5, 0.6) is 0 Å². The molecule has 1 aromatic heterocycles. The second-order valence-corrected chi connectivity index (χ2v) is 6.16. The zero-order valence-corrected chi connectivity index (χ0v) is 13.5. The highest BCUT2D eigenvalue weighted by Crippen LogP contribution is 2.24. The summed E-state index contributed by atoms with van der Waals surface area (Å²) in [5, 5.41) is 13.0. The Labute approximate surface area is 134 Å². The second kappa shape index (κ2) is 6.95. The molecule has 0 aliphatic carbocycles. The lowest BCUT2D eigenvalue weighted by Crippen LogP contribution is -2.53. The van der Waals surface area contributed by atoms with E-state index in [2.05, 4.69) is 5.32 Å². The van der Waals surface area contributed by atoms with E-state index < -0.39 is 5.60 Å². The summed E-state index contributed by atoms with van der Waals surface area (Å²) < 4.78 is 1.35. The lowest BCUT2D eigenvalue weighted by molar-refractivity contribution is -0.142. The number of amides is 2. The normalized spacial score (nSPS) is 21.1. The van der Waals surface area contributed by atoms with Gasteiger partial charge in [-0.15, -0.1) is 0 Å². The van der Waals surface area contributed by atoms with Gasteiger partial charge in [0.1, 0.15) is 6.54 Å². The van der Waals surface area contributed by atoms with Crippen LogP contribution < -0.4 is 10.9 Å². The molecule has 1 saturated heterocycles. The number of pyridine rings is 1. The Morgan fingerprint density at radius 1 is 1.43 bits per heavy atom. The predicted molar refractivity (Wildman–Crippen MR) is 84.9 cm³/mol. The lowest BCUT2D eigenvalue weighted by atomic mass is 9.89. The number of aliphatic hydroxyl groups is 1. The van der Waals surface area contributed by atoms with Gasteiger partial charge in [-0.25, -0.2) is 0 Å². The zero-order chi connectivity index (χ0) is 17.0. The molecule has 0 saturated carbocycles. The molecule has 7 heteroatoms. The van der Waals surface area contributed by atoms with Crippen molar-refractivity contribution in [3.8, 4) is 0 Å². The summed E-state index contributed by atoms with van der Waals surface area (Å²) in [6, 6.07) is 3.25. The minimum absolute atomic E-state index is 0.0300. The van der Waals surface area contributed by atoms with E-state index in [1.165, 1.54) is 22.6 Å². The number of β-amino-alcohol motifs (C(OH)–C–C–N with tert-alkyl or cyclic N) is 1. The molecule has 0 radical (unpaired) electrons. The molecule has 1 aliphatic rings. The number of nitrogens with one attached hydrogen (secondary N) is 1. The smallest absolute Gasteiger partial charge is 0.251 e. The maximum absolute atomic E-state index is 12.4. The minimum Gasteiger partial charge on any atom is -0.388 e. The Morgan fingerprint density at radius 2 is 2.17 bits per heavy atom. The van der Waals surface area contributed by atoms with Crippen molar-refractivity contribution in [2.75, 3.05) is 20.1 Å². The largest absolute Gasteiger partial charge is 0.388 e. The van der Waals surface area contributed by atoms with Crippen molar-refractivity contribution in [3.05, 3.63) is 34.2 Å². The SMILES string of the molecule is CNC(=O)CC1(O)CCCN(C(=O)Cn2ccc(C)cc2=O)C1. The first-order chi connectivity index (χ1) is 10.8. The van der Waals surface area contributed by atoms with E-state index in [4.69, 9.17) is 0 Å². The van der Waals surface area contributed by atoms with Gasteiger partial charge in [0.15, 0.2) is 0 Å². The van der Waals surface area contributed by atoms with E-state index in [1.807, 2.05) is 6.92 Å². The molecule has 0 aromatic carbocycles. The number of hydrogen-bond acceptors (Lipinski definition) is 4. The third-order valence-corrected chi connectivity index (χ3v) is 4.13. The summed E-state index contributed by atoms with van der Waals surface area (Å²) in [5.41, 5.74) is -0.584. The van der Waals surface area contributed by atoms with Gasteiger partial charge in [0.05, 0.1) is 12.0 Å². The van der Waals surface area contributed by atoms with Crippen LogP contribution in [0.3, 0.4) is 0 Å². The summed E-state index contributed by atoms with van der Waals surface area (Å²) in [6.45, 7) is 2.39. The van der Waals surface area contributed by atoms with Gasteiger partial charge in [0.25, 0.3) is 5.56 Å². The number of rotatable bonds is 4. The molecule has 1 atom stereocenters. The average Bonchev–Trinajstić information content (AvgIpc) is 2.49. The van der Waals surface area contributed by atoms with Gasteiger partial charge in [0, 0.05) is 32.4 Å². The van der Waals surface area contributed by atoms with Crippen LogP contribution in [0.2, 0.25) is 0 Å². The molecular weight excluding hydrogens is 298 g/mol. The standard InChI is InChI=1S/C16H23N3O4/c1-12-4-7-18(14(21)8-12)10-15(22)19-6-3-5-16(23,11-19)9-13(20)17-2/h4,7-8,23H,3,5-6,9-11H2,1-2H3,(H,17,20). The van der Waals surface area contributed by atoms with Crippen molar-refractivity contribution < 1.29 is 14.7 Å². The predicted octanol–water partition coefficient (Wildman–Crippen LogP) is -0.354. The molecule has 1 aliphatic heterocycles. The number of nitrogens with zero attached hydrogens (tertiary/aromatic N) is 2. The lowest BCUT2D eigenvalue weighted by Gasteiger charge is -2.39. The maximum Gasteiger partial charge on any atom is 0.251 e. The van der Waals surface area contributed by atoms with Crippen molar-refractivity contribution in [2.24, 2.45) is 0 Å². The third-order valence-electron chi connectivity index (χ3n) is 4.13. The molecule has 0 spiro atoms. The molecule has 2 N–H and O–H groups in total. The van der Waals surface area contributed by atoms with Crippen molar-refractivity contribution >= 4 is 11.8 Å². The number of aryl methyl sites for hydroxylation is 1. The Kier molecular flexibility index (Phi) is 5.20. The van der Waals surface area contributed by atoms with Crippen LogP contribution >= 0.6 is 0 Å². The second-order valence-electron chi connectivity index (χ2n) is 6.16. The van der Waals surface area contributed by atoms with E-state index in [1.54, 1.807) is 12.3 Å². The summed E-state index contributed by atoms with van der Waals surface area (Å²) in [4.78, 5) is 37.3.